The van der Waals surface area contributed by atoms with E-state index in [4.69, 9.17) is 4.74 Å². The molecule has 0 spiro atoms. The van der Waals surface area contributed by atoms with E-state index in [0.717, 1.165) is 13.1 Å². The van der Waals surface area contributed by atoms with Crippen LogP contribution in [0.15, 0.2) is 12.7 Å². The molecular weight excluding hydrogens is 276 g/mol. The monoisotopic (exact) mass is 302 g/mol. The van der Waals surface area contributed by atoms with Crippen molar-refractivity contribution in [2.45, 2.75) is 38.2 Å². The lowest BCUT2D eigenvalue weighted by Gasteiger charge is -2.33. The number of hydrogen-bond donors (Lipinski definition) is 1. The molecule has 5 heteroatoms. The van der Waals surface area contributed by atoms with Crippen LogP contribution in [-0.2, 0) is 9.53 Å². The fourth-order valence-corrected chi connectivity index (χ4v) is 3.02. The molecule has 1 amide bonds. The zero-order chi connectivity index (χ0) is 13.5. The largest absolute Gasteiger partial charge is 0.366 e. The van der Waals surface area contributed by atoms with E-state index in [1.807, 2.05) is 11.0 Å². The zero-order valence-electron chi connectivity index (χ0n) is 12.2. The number of hydrogen-bond acceptors (Lipinski definition) is 3. The molecule has 116 valence electrons. The van der Waals surface area contributed by atoms with E-state index in [2.05, 4.69) is 11.9 Å². The van der Waals surface area contributed by atoms with Gasteiger partial charge in [-0.3, -0.25) is 4.79 Å². The lowest BCUT2D eigenvalue weighted by molar-refractivity contribution is -0.145. The van der Waals surface area contributed by atoms with Gasteiger partial charge in [0.25, 0.3) is 5.91 Å². The molecule has 1 heterocycles. The smallest absolute Gasteiger partial charge is 0.253 e. The third kappa shape index (κ3) is 5.08. The molecule has 0 aromatic rings. The number of carbonyl (C=O) groups is 1. The van der Waals surface area contributed by atoms with Crippen LogP contribution in [0, 0.1) is 5.92 Å². The molecule has 2 aliphatic rings. The molecule has 0 radical (unpaired) electrons. The highest BCUT2D eigenvalue weighted by molar-refractivity contribution is 5.85. The normalized spacial score (nSPS) is 23.7. The van der Waals surface area contributed by atoms with Gasteiger partial charge in [-0.25, -0.2) is 0 Å². The summed E-state index contributed by atoms with van der Waals surface area (Å²) in [6.45, 7) is 7.37. The number of morpholine rings is 1. The van der Waals surface area contributed by atoms with Crippen LogP contribution in [0.2, 0.25) is 0 Å². The Labute approximate surface area is 128 Å². The van der Waals surface area contributed by atoms with Crippen LogP contribution in [0.3, 0.4) is 0 Å². The number of ether oxygens (including phenoxy) is 1. The summed E-state index contributed by atoms with van der Waals surface area (Å²) in [5, 5.41) is 3.22. The van der Waals surface area contributed by atoms with Crippen LogP contribution in [0.5, 0.6) is 0 Å². The number of halogens is 1. The molecule has 1 N–H and O–H groups in total. The molecule has 1 aliphatic heterocycles. The van der Waals surface area contributed by atoms with Crippen molar-refractivity contribution in [3.8, 4) is 0 Å². The van der Waals surface area contributed by atoms with Gasteiger partial charge in [-0.15, -0.1) is 19.0 Å². The van der Waals surface area contributed by atoms with Gasteiger partial charge in [0.15, 0.2) is 0 Å². The van der Waals surface area contributed by atoms with E-state index in [1.54, 1.807) is 0 Å². The molecule has 1 saturated heterocycles. The predicted molar refractivity (Wildman–Crippen MR) is 83.2 cm³/mol. The Morgan fingerprint density at radius 2 is 2.10 bits per heavy atom. The Morgan fingerprint density at radius 1 is 1.35 bits per heavy atom. The summed E-state index contributed by atoms with van der Waals surface area (Å²) >= 11 is 0. The number of nitrogens with zero attached hydrogens (tertiary/aromatic N) is 1. The van der Waals surface area contributed by atoms with Crippen LogP contribution >= 0.6 is 12.4 Å². The number of rotatable bonds is 5. The zero-order valence-corrected chi connectivity index (χ0v) is 13.0. The third-order valence-electron chi connectivity index (χ3n) is 4.07. The van der Waals surface area contributed by atoms with E-state index in [0.29, 0.717) is 25.6 Å². The summed E-state index contributed by atoms with van der Waals surface area (Å²) in [7, 11) is 0. The van der Waals surface area contributed by atoms with Gasteiger partial charge in [0.1, 0.15) is 6.10 Å². The maximum atomic E-state index is 12.5. The highest BCUT2D eigenvalue weighted by Gasteiger charge is 2.28. The van der Waals surface area contributed by atoms with Gasteiger partial charge in [-0.2, -0.15) is 0 Å². The van der Waals surface area contributed by atoms with Gasteiger partial charge >= 0.3 is 0 Å². The Bertz CT molecular complexity index is 300. The second-order valence-corrected chi connectivity index (χ2v) is 5.60. The van der Waals surface area contributed by atoms with E-state index in [1.165, 1.54) is 32.1 Å². The number of nitrogens with one attached hydrogen (secondary N) is 1. The minimum Gasteiger partial charge on any atom is -0.366 e. The summed E-state index contributed by atoms with van der Waals surface area (Å²) in [4.78, 5) is 14.4. The molecule has 0 aromatic carbocycles. The van der Waals surface area contributed by atoms with Crippen LogP contribution in [0.4, 0.5) is 0 Å². The van der Waals surface area contributed by atoms with Crippen molar-refractivity contribution in [1.29, 1.82) is 0 Å². The first-order valence-electron chi connectivity index (χ1n) is 7.53. The molecule has 0 aromatic heterocycles. The van der Waals surface area contributed by atoms with Gasteiger partial charge in [0.2, 0.25) is 0 Å². The Balaban J connectivity index is 0.00000200. The molecule has 2 fully saturated rings. The summed E-state index contributed by atoms with van der Waals surface area (Å²) in [6.07, 6.45) is 7.98. The van der Waals surface area contributed by atoms with Crippen molar-refractivity contribution in [3.63, 3.8) is 0 Å². The second kappa shape index (κ2) is 9.37. The molecule has 1 saturated carbocycles. The van der Waals surface area contributed by atoms with Crippen molar-refractivity contribution < 1.29 is 9.53 Å². The van der Waals surface area contributed by atoms with Gasteiger partial charge < -0.3 is 15.0 Å². The fourth-order valence-electron chi connectivity index (χ4n) is 3.02. The first-order chi connectivity index (χ1) is 9.31. The minimum absolute atomic E-state index is 0. The van der Waals surface area contributed by atoms with Crippen LogP contribution in [0.1, 0.15) is 32.1 Å². The molecular formula is C15H27ClN2O2. The topological polar surface area (TPSA) is 41.6 Å². The van der Waals surface area contributed by atoms with Gasteiger partial charge in [0.05, 0.1) is 6.61 Å². The Morgan fingerprint density at radius 3 is 2.70 bits per heavy atom. The second-order valence-electron chi connectivity index (χ2n) is 5.60. The average molecular weight is 303 g/mol. The van der Waals surface area contributed by atoms with E-state index in [9.17, 15) is 4.79 Å². The number of carbonyl (C=O) groups excluding carboxylic acids is 1. The average Bonchev–Trinajstić information content (AvgIpc) is 2.48. The third-order valence-corrected chi connectivity index (χ3v) is 4.07. The van der Waals surface area contributed by atoms with Crippen molar-refractivity contribution in [2.24, 2.45) is 5.92 Å². The lowest BCUT2D eigenvalue weighted by atomic mass is 9.89. The molecule has 0 bridgehead atoms. The highest BCUT2D eigenvalue weighted by Crippen LogP contribution is 2.24. The molecule has 1 unspecified atom stereocenters. The lowest BCUT2D eigenvalue weighted by Crippen LogP contribution is -2.50. The van der Waals surface area contributed by atoms with Gasteiger partial charge in [-0.05, 0) is 18.8 Å². The van der Waals surface area contributed by atoms with Crippen LogP contribution in [-0.4, -0.2) is 49.7 Å². The van der Waals surface area contributed by atoms with Crippen molar-refractivity contribution in [1.82, 2.24) is 10.2 Å². The SMILES string of the molecule is C=CCN(CC1CCCCC1)C(=O)C1CNCCO1.Cl. The molecule has 1 atom stereocenters. The van der Waals surface area contributed by atoms with Gasteiger partial charge in [-0.1, -0.05) is 25.3 Å². The van der Waals surface area contributed by atoms with Crippen molar-refractivity contribution >= 4 is 18.3 Å². The van der Waals surface area contributed by atoms with E-state index < -0.39 is 0 Å². The minimum atomic E-state index is -0.308. The van der Waals surface area contributed by atoms with Crippen molar-refractivity contribution in [3.05, 3.63) is 12.7 Å². The highest BCUT2D eigenvalue weighted by atomic mass is 35.5. The predicted octanol–water partition coefficient (Wildman–Crippen LogP) is 1.99. The Hall–Kier alpha value is -0.580. The first kappa shape index (κ1) is 17.5. The summed E-state index contributed by atoms with van der Waals surface area (Å²) in [6, 6.07) is 0. The van der Waals surface area contributed by atoms with Crippen LogP contribution in [0.25, 0.3) is 0 Å². The van der Waals surface area contributed by atoms with Crippen molar-refractivity contribution in [2.75, 3.05) is 32.8 Å². The van der Waals surface area contributed by atoms with Crippen LogP contribution < -0.4 is 5.32 Å². The summed E-state index contributed by atoms with van der Waals surface area (Å²) < 4.78 is 5.57. The van der Waals surface area contributed by atoms with Gasteiger partial charge in [0, 0.05) is 26.2 Å². The molecule has 20 heavy (non-hydrogen) atoms. The maximum absolute atomic E-state index is 12.5. The molecule has 1 aliphatic carbocycles. The molecule has 4 nitrogen and oxygen atoms in total. The fraction of sp³-hybridized carbons (Fsp3) is 0.800. The first-order valence-corrected chi connectivity index (χ1v) is 7.53. The summed E-state index contributed by atoms with van der Waals surface area (Å²) in [5.74, 6) is 0.784. The quantitative estimate of drug-likeness (QED) is 0.790. The van der Waals surface area contributed by atoms with E-state index in [-0.39, 0.29) is 24.4 Å². The number of amides is 1. The molecule has 2 rings (SSSR count). The van der Waals surface area contributed by atoms with E-state index >= 15 is 0 Å². The maximum Gasteiger partial charge on any atom is 0.253 e. The Kier molecular flexibility index (Phi) is 8.19. The standard InChI is InChI=1S/C15H26N2O2.ClH/c1-2-9-17(12-13-6-4-3-5-7-13)15(18)14-11-16-8-10-19-14;/h2,13-14,16H,1,3-12H2;1H. The summed E-state index contributed by atoms with van der Waals surface area (Å²) in [5.41, 5.74) is 0.